The lowest BCUT2D eigenvalue weighted by atomic mass is 10.5. The maximum atomic E-state index is 12.0. The summed E-state index contributed by atoms with van der Waals surface area (Å²) in [6, 6.07) is 0. The molecule has 1 rings (SSSR count). The molecular weight excluding hydrogens is 157 g/mol. The Labute approximate surface area is 62.9 Å². The van der Waals surface area contributed by atoms with Crippen molar-refractivity contribution in [2.45, 2.75) is 19.4 Å². The molecule has 1 unspecified atom stereocenters. The van der Waals surface area contributed by atoms with E-state index in [1.54, 1.807) is 7.05 Å². The molecule has 0 aromatic heterocycles. The topological polar surface area (TPSA) is 6.48 Å². The minimum atomic E-state index is -4.26. The second-order valence-corrected chi connectivity index (χ2v) is 2.47. The quantitative estimate of drug-likeness (QED) is 0.504. The second-order valence-electron chi connectivity index (χ2n) is 2.47. The van der Waals surface area contributed by atoms with Crippen LogP contribution >= 0.6 is 0 Å². The Kier molecular flexibility index (Phi) is 1.74. The molecule has 0 fully saturated rings. The van der Waals surface area contributed by atoms with Gasteiger partial charge in [0.05, 0.1) is 0 Å². The first-order valence-electron chi connectivity index (χ1n) is 3.18. The zero-order valence-corrected chi connectivity index (χ0v) is 6.26. The van der Waals surface area contributed by atoms with Gasteiger partial charge in [0.1, 0.15) is 6.17 Å². The van der Waals surface area contributed by atoms with Crippen LogP contribution in [0.15, 0.2) is 12.4 Å². The van der Waals surface area contributed by atoms with Gasteiger partial charge in [0.25, 0.3) is 0 Å². The molecule has 2 nitrogen and oxygen atoms in total. The largest absolute Gasteiger partial charge is 0.486 e. The Morgan fingerprint density at radius 1 is 1.27 bits per heavy atom. The smallest absolute Gasteiger partial charge is 0.359 e. The Hall–Kier alpha value is -0.870. The molecule has 0 bridgehead atoms. The van der Waals surface area contributed by atoms with Crippen LogP contribution in [-0.2, 0) is 0 Å². The molecule has 1 heterocycles. The average molecular weight is 166 g/mol. The summed E-state index contributed by atoms with van der Waals surface area (Å²) in [5.74, 6) is 0. The summed E-state index contributed by atoms with van der Waals surface area (Å²) in [5.41, 5.74) is 0. The lowest BCUT2D eigenvalue weighted by Crippen LogP contribution is -2.42. The highest BCUT2D eigenvalue weighted by atomic mass is 19.4. The van der Waals surface area contributed by atoms with Crippen LogP contribution in [0.1, 0.15) is 6.92 Å². The van der Waals surface area contributed by atoms with Gasteiger partial charge in [-0.05, 0) is 6.92 Å². The fraction of sp³-hybridized carbons (Fsp3) is 0.667. The average Bonchev–Trinajstić information content (AvgIpc) is 2.11. The summed E-state index contributed by atoms with van der Waals surface area (Å²) in [6.45, 7) is 1.49. The van der Waals surface area contributed by atoms with Crippen molar-refractivity contribution in [1.82, 2.24) is 9.80 Å². The molecule has 0 N–H and O–H groups in total. The van der Waals surface area contributed by atoms with Crippen molar-refractivity contribution < 1.29 is 13.2 Å². The monoisotopic (exact) mass is 166 g/mol. The maximum Gasteiger partial charge on any atom is 0.486 e. The number of hydrogen-bond donors (Lipinski definition) is 0. The summed E-state index contributed by atoms with van der Waals surface area (Å²) in [7, 11) is 1.60. The number of rotatable bonds is 0. The molecule has 1 aliphatic rings. The van der Waals surface area contributed by atoms with E-state index >= 15 is 0 Å². The Bertz CT molecular complexity index is 175. The van der Waals surface area contributed by atoms with Crippen LogP contribution in [0.3, 0.4) is 0 Å². The van der Waals surface area contributed by atoms with Crippen molar-refractivity contribution >= 4 is 0 Å². The third kappa shape index (κ3) is 1.41. The fourth-order valence-corrected chi connectivity index (χ4v) is 0.919. The standard InChI is InChI=1S/C6H9F3N2/c1-5-10(2)3-4-11(5)6(7,8)9/h3-5H,1-2H3. The zero-order valence-electron chi connectivity index (χ0n) is 6.26. The summed E-state index contributed by atoms with van der Waals surface area (Å²) < 4.78 is 36.1. The van der Waals surface area contributed by atoms with E-state index < -0.39 is 12.5 Å². The summed E-state index contributed by atoms with van der Waals surface area (Å²) in [4.78, 5) is 1.85. The molecule has 0 aromatic rings. The van der Waals surface area contributed by atoms with Gasteiger partial charge in [0.2, 0.25) is 0 Å². The Morgan fingerprint density at radius 3 is 2.00 bits per heavy atom. The van der Waals surface area contributed by atoms with E-state index in [0.717, 1.165) is 6.20 Å². The van der Waals surface area contributed by atoms with Crippen LogP contribution in [0.2, 0.25) is 0 Å². The van der Waals surface area contributed by atoms with Crippen molar-refractivity contribution in [2.75, 3.05) is 7.05 Å². The number of hydrogen-bond acceptors (Lipinski definition) is 2. The molecule has 0 saturated carbocycles. The van der Waals surface area contributed by atoms with Gasteiger partial charge in [-0.2, -0.15) is 13.2 Å². The van der Waals surface area contributed by atoms with Crippen molar-refractivity contribution in [2.24, 2.45) is 0 Å². The van der Waals surface area contributed by atoms with E-state index in [1.807, 2.05) is 0 Å². The first-order chi connectivity index (χ1) is 4.93. The van der Waals surface area contributed by atoms with Crippen LogP contribution in [0.4, 0.5) is 13.2 Å². The molecule has 1 aliphatic heterocycles. The SMILES string of the molecule is CC1N(C)C=CN1C(F)(F)F. The van der Waals surface area contributed by atoms with Gasteiger partial charge < -0.3 is 4.90 Å². The first-order valence-corrected chi connectivity index (χ1v) is 3.18. The molecule has 0 aromatic carbocycles. The highest BCUT2D eigenvalue weighted by Gasteiger charge is 2.41. The fourth-order valence-electron chi connectivity index (χ4n) is 0.919. The molecule has 0 aliphatic carbocycles. The lowest BCUT2D eigenvalue weighted by Gasteiger charge is -2.28. The highest BCUT2D eigenvalue weighted by molar-refractivity contribution is 4.94. The Morgan fingerprint density at radius 2 is 1.82 bits per heavy atom. The van der Waals surface area contributed by atoms with Gasteiger partial charge in [-0.3, -0.25) is 4.90 Å². The van der Waals surface area contributed by atoms with E-state index in [2.05, 4.69) is 0 Å². The minimum Gasteiger partial charge on any atom is -0.359 e. The minimum absolute atomic E-state index is 0.354. The number of alkyl halides is 3. The third-order valence-electron chi connectivity index (χ3n) is 1.75. The molecule has 5 heteroatoms. The summed E-state index contributed by atoms with van der Waals surface area (Å²) in [5, 5.41) is 0. The molecule has 0 spiro atoms. The number of nitrogens with zero attached hydrogens (tertiary/aromatic N) is 2. The predicted octanol–water partition coefficient (Wildman–Crippen LogP) is 1.57. The lowest BCUT2D eigenvalue weighted by molar-refractivity contribution is -0.242. The van der Waals surface area contributed by atoms with Gasteiger partial charge in [-0.1, -0.05) is 0 Å². The second kappa shape index (κ2) is 2.32. The van der Waals surface area contributed by atoms with E-state index in [1.165, 1.54) is 18.0 Å². The molecule has 0 amide bonds. The van der Waals surface area contributed by atoms with Crippen molar-refractivity contribution in [1.29, 1.82) is 0 Å². The van der Waals surface area contributed by atoms with Gasteiger partial charge in [-0.25, -0.2) is 0 Å². The summed E-state index contributed by atoms with van der Waals surface area (Å²) in [6.07, 6.45) is -2.46. The molecule has 0 saturated heterocycles. The van der Waals surface area contributed by atoms with Crippen LogP contribution in [-0.4, -0.2) is 29.3 Å². The summed E-state index contributed by atoms with van der Waals surface area (Å²) >= 11 is 0. The van der Waals surface area contributed by atoms with E-state index in [-0.39, 0.29) is 0 Å². The molecule has 11 heavy (non-hydrogen) atoms. The highest BCUT2D eigenvalue weighted by Crippen LogP contribution is 2.28. The van der Waals surface area contributed by atoms with Crippen molar-refractivity contribution in [3.63, 3.8) is 0 Å². The van der Waals surface area contributed by atoms with E-state index in [9.17, 15) is 13.2 Å². The third-order valence-corrected chi connectivity index (χ3v) is 1.75. The molecule has 0 radical (unpaired) electrons. The van der Waals surface area contributed by atoms with Crippen LogP contribution in [0.5, 0.6) is 0 Å². The van der Waals surface area contributed by atoms with Crippen LogP contribution in [0, 0.1) is 0 Å². The first kappa shape index (κ1) is 8.23. The van der Waals surface area contributed by atoms with E-state index in [4.69, 9.17) is 0 Å². The van der Waals surface area contributed by atoms with Crippen molar-refractivity contribution in [3.8, 4) is 0 Å². The molecule has 64 valence electrons. The van der Waals surface area contributed by atoms with Crippen molar-refractivity contribution in [3.05, 3.63) is 12.4 Å². The van der Waals surface area contributed by atoms with E-state index in [0.29, 0.717) is 4.90 Å². The maximum absolute atomic E-state index is 12.0. The van der Waals surface area contributed by atoms with Crippen LogP contribution < -0.4 is 0 Å². The van der Waals surface area contributed by atoms with Gasteiger partial charge >= 0.3 is 6.30 Å². The Balaban J connectivity index is 2.70. The van der Waals surface area contributed by atoms with Gasteiger partial charge in [0, 0.05) is 19.4 Å². The molecule has 1 atom stereocenters. The van der Waals surface area contributed by atoms with Gasteiger partial charge in [0.15, 0.2) is 0 Å². The normalized spacial score (nSPS) is 25.0. The number of halogens is 3. The van der Waals surface area contributed by atoms with Crippen LogP contribution in [0.25, 0.3) is 0 Å². The predicted molar refractivity (Wildman–Crippen MR) is 34.3 cm³/mol. The van der Waals surface area contributed by atoms with Gasteiger partial charge in [-0.15, -0.1) is 0 Å². The molecular formula is C6H9F3N2. The zero-order chi connectivity index (χ0) is 8.65.